The topological polar surface area (TPSA) is 74.6 Å². The number of halogens is 1. The highest BCUT2D eigenvalue weighted by atomic mass is 35.5. The molecule has 0 radical (unpaired) electrons. The van der Waals surface area contributed by atoms with Crippen molar-refractivity contribution >= 4 is 40.2 Å². The number of fused-ring (bicyclic) bond motifs is 1. The Kier molecular flexibility index (Phi) is 6.80. The van der Waals surface area contributed by atoms with Gasteiger partial charge in [-0.1, -0.05) is 43.6 Å². The highest BCUT2D eigenvalue weighted by Gasteiger charge is 2.27. The van der Waals surface area contributed by atoms with E-state index in [0.717, 1.165) is 11.0 Å². The van der Waals surface area contributed by atoms with E-state index in [2.05, 4.69) is 10.6 Å². The molecule has 7 heteroatoms. The van der Waals surface area contributed by atoms with E-state index in [1.165, 1.54) is 4.90 Å². The lowest BCUT2D eigenvalue weighted by Crippen LogP contribution is -2.52. The van der Waals surface area contributed by atoms with Crippen molar-refractivity contribution in [2.75, 3.05) is 11.9 Å². The maximum absolute atomic E-state index is 12.8. The van der Waals surface area contributed by atoms with Crippen LogP contribution in [0.4, 0.5) is 10.5 Å². The maximum atomic E-state index is 12.8. The highest BCUT2D eigenvalue weighted by Crippen LogP contribution is 2.27. The number of amides is 3. The van der Waals surface area contributed by atoms with E-state index < -0.39 is 12.1 Å². The zero-order valence-electron chi connectivity index (χ0n) is 17.5. The van der Waals surface area contributed by atoms with E-state index in [0.29, 0.717) is 16.5 Å². The van der Waals surface area contributed by atoms with Crippen molar-refractivity contribution in [2.24, 2.45) is 5.92 Å². The maximum Gasteiger partial charge on any atom is 0.328 e. The lowest BCUT2D eigenvalue weighted by atomic mass is 10.0. The number of urea groups is 1. The van der Waals surface area contributed by atoms with Gasteiger partial charge in [-0.2, -0.15) is 0 Å². The molecule has 1 heterocycles. The SMILES string of the molecule is CC(N[C@H](C(=O)NC(=O)N(C)c1ccccc1)C(C)C)c1cc2cc(Cl)ccc2o1. The molecule has 0 aliphatic rings. The zero-order chi connectivity index (χ0) is 21.8. The molecule has 3 amide bonds. The summed E-state index contributed by atoms with van der Waals surface area (Å²) in [5.74, 6) is 0.267. The van der Waals surface area contributed by atoms with Crippen LogP contribution in [0.25, 0.3) is 11.0 Å². The third-order valence-corrected chi connectivity index (χ3v) is 5.22. The Morgan fingerprint density at radius 2 is 1.73 bits per heavy atom. The Bertz CT molecular complexity index is 1030. The van der Waals surface area contributed by atoms with Crippen LogP contribution in [-0.4, -0.2) is 25.0 Å². The molecule has 0 saturated heterocycles. The number of para-hydroxylation sites is 1. The lowest BCUT2D eigenvalue weighted by molar-refractivity contribution is -0.123. The van der Waals surface area contributed by atoms with Gasteiger partial charge in [0, 0.05) is 23.1 Å². The number of nitrogens with zero attached hydrogens (tertiary/aromatic N) is 1. The molecule has 0 fully saturated rings. The van der Waals surface area contributed by atoms with Gasteiger partial charge in [0.05, 0.1) is 12.1 Å². The van der Waals surface area contributed by atoms with Crippen molar-refractivity contribution in [3.05, 3.63) is 65.4 Å². The monoisotopic (exact) mass is 427 g/mol. The summed E-state index contributed by atoms with van der Waals surface area (Å²) in [6.07, 6.45) is 0. The summed E-state index contributed by atoms with van der Waals surface area (Å²) < 4.78 is 5.89. The molecule has 30 heavy (non-hydrogen) atoms. The third-order valence-electron chi connectivity index (χ3n) is 4.98. The fourth-order valence-corrected chi connectivity index (χ4v) is 3.39. The molecule has 2 aromatic carbocycles. The summed E-state index contributed by atoms with van der Waals surface area (Å²) in [5.41, 5.74) is 1.43. The minimum absolute atomic E-state index is 0.0406. The summed E-state index contributed by atoms with van der Waals surface area (Å²) in [5, 5.41) is 7.31. The van der Waals surface area contributed by atoms with Crippen molar-refractivity contribution in [3.63, 3.8) is 0 Å². The Hall–Kier alpha value is -2.83. The smallest absolute Gasteiger partial charge is 0.328 e. The second-order valence-corrected chi connectivity index (χ2v) is 8.07. The molecule has 1 aromatic heterocycles. The first-order valence-corrected chi connectivity index (χ1v) is 10.2. The summed E-state index contributed by atoms with van der Waals surface area (Å²) in [6.45, 7) is 5.77. The molecule has 6 nitrogen and oxygen atoms in total. The van der Waals surface area contributed by atoms with Crippen LogP contribution >= 0.6 is 11.6 Å². The number of carbonyl (C=O) groups is 2. The number of hydrogen-bond acceptors (Lipinski definition) is 4. The first-order chi connectivity index (χ1) is 14.3. The molecule has 2 atom stereocenters. The van der Waals surface area contributed by atoms with E-state index in [9.17, 15) is 9.59 Å². The molecule has 158 valence electrons. The average Bonchev–Trinajstić information content (AvgIpc) is 3.14. The molecule has 3 rings (SSSR count). The van der Waals surface area contributed by atoms with Gasteiger partial charge in [0.2, 0.25) is 5.91 Å². The number of anilines is 1. The Labute approximate surface area is 181 Å². The van der Waals surface area contributed by atoms with Crippen LogP contribution in [0.3, 0.4) is 0 Å². The van der Waals surface area contributed by atoms with E-state index in [1.807, 2.05) is 57.2 Å². The van der Waals surface area contributed by atoms with Gasteiger partial charge < -0.3 is 4.42 Å². The van der Waals surface area contributed by atoms with Crippen molar-refractivity contribution in [1.82, 2.24) is 10.6 Å². The second kappa shape index (κ2) is 9.32. The van der Waals surface area contributed by atoms with E-state index in [4.69, 9.17) is 16.0 Å². The Morgan fingerprint density at radius 1 is 1.03 bits per heavy atom. The lowest BCUT2D eigenvalue weighted by Gasteiger charge is -2.25. The van der Waals surface area contributed by atoms with Gasteiger partial charge in [0.15, 0.2) is 0 Å². The van der Waals surface area contributed by atoms with Gasteiger partial charge in [-0.15, -0.1) is 0 Å². The van der Waals surface area contributed by atoms with Crippen LogP contribution in [0.1, 0.15) is 32.6 Å². The zero-order valence-corrected chi connectivity index (χ0v) is 18.2. The Morgan fingerprint density at radius 3 is 2.40 bits per heavy atom. The number of rotatable bonds is 6. The highest BCUT2D eigenvalue weighted by molar-refractivity contribution is 6.31. The number of benzene rings is 2. The molecule has 0 aliphatic carbocycles. The third kappa shape index (κ3) is 5.01. The summed E-state index contributed by atoms with van der Waals surface area (Å²) in [6, 6.07) is 15.2. The summed E-state index contributed by atoms with van der Waals surface area (Å²) in [7, 11) is 1.62. The fraction of sp³-hybridized carbons (Fsp3) is 0.304. The molecule has 0 spiro atoms. The van der Waals surface area contributed by atoms with Crippen molar-refractivity contribution in [1.29, 1.82) is 0 Å². The van der Waals surface area contributed by atoms with Crippen molar-refractivity contribution < 1.29 is 14.0 Å². The van der Waals surface area contributed by atoms with E-state index in [-0.39, 0.29) is 17.9 Å². The van der Waals surface area contributed by atoms with Gasteiger partial charge >= 0.3 is 6.03 Å². The fourth-order valence-electron chi connectivity index (χ4n) is 3.21. The summed E-state index contributed by atoms with van der Waals surface area (Å²) >= 11 is 6.05. The van der Waals surface area contributed by atoms with Crippen molar-refractivity contribution in [2.45, 2.75) is 32.9 Å². The second-order valence-electron chi connectivity index (χ2n) is 7.63. The molecule has 2 N–H and O–H groups in total. The molecule has 1 unspecified atom stereocenters. The first kappa shape index (κ1) is 21.9. The van der Waals surface area contributed by atoms with Crippen molar-refractivity contribution in [3.8, 4) is 0 Å². The number of furan rings is 1. The van der Waals surface area contributed by atoms with E-state index >= 15 is 0 Å². The van der Waals surface area contributed by atoms with Crippen LogP contribution in [0, 0.1) is 5.92 Å². The van der Waals surface area contributed by atoms with Gasteiger partial charge in [0.1, 0.15) is 11.3 Å². The quantitative estimate of drug-likeness (QED) is 0.571. The molecular formula is C23H26ClN3O3. The van der Waals surface area contributed by atoms with E-state index in [1.54, 1.807) is 25.2 Å². The van der Waals surface area contributed by atoms with Crippen LogP contribution < -0.4 is 15.5 Å². The predicted octanol–water partition coefficient (Wildman–Crippen LogP) is 5.13. The minimum Gasteiger partial charge on any atom is -0.459 e. The molecule has 0 bridgehead atoms. The number of carbonyl (C=O) groups excluding carboxylic acids is 2. The van der Waals surface area contributed by atoms with Gasteiger partial charge in [-0.25, -0.2) is 4.79 Å². The normalized spacial score (nSPS) is 13.3. The first-order valence-electron chi connectivity index (χ1n) is 9.85. The van der Waals surface area contributed by atoms with Crippen LogP contribution in [-0.2, 0) is 4.79 Å². The number of hydrogen-bond donors (Lipinski definition) is 2. The van der Waals surface area contributed by atoms with Gasteiger partial charge in [-0.3, -0.25) is 20.3 Å². The van der Waals surface area contributed by atoms with Gasteiger partial charge in [0.25, 0.3) is 0 Å². The molecular weight excluding hydrogens is 402 g/mol. The van der Waals surface area contributed by atoms with Gasteiger partial charge in [-0.05, 0) is 49.2 Å². The molecule has 3 aromatic rings. The Balaban J connectivity index is 1.69. The van der Waals surface area contributed by atoms with Crippen LogP contribution in [0.2, 0.25) is 5.02 Å². The van der Waals surface area contributed by atoms with Crippen LogP contribution in [0.5, 0.6) is 0 Å². The number of nitrogens with one attached hydrogen (secondary N) is 2. The largest absolute Gasteiger partial charge is 0.459 e. The van der Waals surface area contributed by atoms with Crippen LogP contribution in [0.15, 0.2) is 59.0 Å². The standard InChI is InChI=1S/C23H26ClN3O3/c1-14(2)21(22(28)26-23(29)27(4)18-8-6-5-7-9-18)25-15(3)20-13-16-12-17(24)10-11-19(16)30-20/h5-15,21,25H,1-4H3,(H,26,28,29)/t15?,21-/m0/s1. The average molecular weight is 428 g/mol. The molecule has 0 saturated carbocycles. The molecule has 0 aliphatic heterocycles. The number of imide groups is 1. The summed E-state index contributed by atoms with van der Waals surface area (Å²) in [4.78, 5) is 26.8. The minimum atomic E-state index is -0.579. The predicted molar refractivity (Wildman–Crippen MR) is 120 cm³/mol.